The summed E-state index contributed by atoms with van der Waals surface area (Å²) in [6.45, 7) is 6.46. The molecule has 0 aromatic heterocycles. The number of fused-ring (bicyclic) bond motifs is 15. The van der Waals surface area contributed by atoms with Gasteiger partial charge in [0.2, 0.25) is 47.1 Å². The van der Waals surface area contributed by atoms with E-state index >= 15 is 19.2 Å². The number of aromatic hydroxyl groups is 4. The molecule has 476 valence electrons. The minimum Gasteiger partial charge on any atom is -0.508 e. The largest absolute Gasteiger partial charge is 0.508 e. The molecule has 0 radical (unpaired) electrons. The first kappa shape index (κ1) is 65.2. The van der Waals surface area contributed by atoms with E-state index in [2.05, 4.69) is 37.2 Å². The van der Waals surface area contributed by atoms with Gasteiger partial charge in [-0.25, -0.2) is 4.79 Å². The van der Waals surface area contributed by atoms with Gasteiger partial charge in [-0.3, -0.25) is 38.4 Å². The maximum absolute atomic E-state index is 15.7. The number of amides is 7. The number of carboxylic acids is 1. The zero-order chi connectivity index (χ0) is 65.5. The average Bonchev–Trinajstić information content (AvgIpc) is 0.826. The monoisotopic (exact) mass is 1280 g/mol. The summed E-state index contributed by atoms with van der Waals surface area (Å²) in [6.07, 6.45) is -7.66. The molecule has 11 bridgehead atoms. The summed E-state index contributed by atoms with van der Waals surface area (Å²) in [4.78, 5) is 130. The van der Waals surface area contributed by atoms with E-state index in [0.29, 0.717) is 0 Å². The Bertz CT molecular complexity index is 3770. The first-order valence-corrected chi connectivity index (χ1v) is 28.7. The third kappa shape index (κ3) is 13.6. The molecule has 6 aliphatic heterocycles. The fourth-order valence-electron chi connectivity index (χ4n) is 11.0. The molecule has 0 saturated carbocycles. The number of nitrogens with two attached hydrogens (primary N) is 2. The number of halogens is 2. The summed E-state index contributed by atoms with van der Waals surface area (Å²) >= 11 is 13.8. The number of carbonyl (C=O) groups excluding carboxylic acids is 8. The van der Waals surface area contributed by atoms with Crippen molar-refractivity contribution in [3.8, 4) is 57.1 Å². The number of hydrogen-bond acceptors (Lipinski definition) is 20. The fourth-order valence-corrected chi connectivity index (χ4v) is 11.4. The fraction of sp³-hybridized carbons (Fsp3) is 0.350. The van der Waals surface area contributed by atoms with Gasteiger partial charge in [0, 0.05) is 29.2 Å². The third-order valence-electron chi connectivity index (χ3n) is 15.5. The molecule has 1 saturated heterocycles. The van der Waals surface area contributed by atoms with E-state index in [1.165, 1.54) is 57.3 Å². The molecule has 28 nitrogen and oxygen atoms in total. The molecule has 11 rings (SSSR count). The zero-order valence-electron chi connectivity index (χ0n) is 48.5. The molecule has 7 amide bonds. The van der Waals surface area contributed by atoms with Crippen molar-refractivity contribution in [1.82, 2.24) is 37.2 Å². The number of rotatable bonds is 10. The van der Waals surface area contributed by atoms with Crippen molar-refractivity contribution in [1.29, 1.82) is 0 Å². The van der Waals surface area contributed by atoms with Crippen molar-refractivity contribution in [2.24, 2.45) is 17.4 Å². The highest BCUT2D eigenvalue weighted by Crippen LogP contribution is 2.48. The molecule has 12 atom stereocenters. The second kappa shape index (κ2) is 26.0. The number of benzene rings is 5. The number of phenols is 4. The van der Waals surface area contributed by atoms with Gasteiger partial charge in [-0.2, -0.15) is 0 Å². The second-order valence-corrected chi connectivity index (χ2v) is 23.5. The summed E-state index contributed by atoms with van der Waals surface area (Å²) in [6, 6.07) is 0.629. The maximum atomic E-state index is 15.7. The van der Waals surface area contributed by atoms with Crippen LogP contribution in [0.15, 0.2) is 78.9 Å². The van der Waals surface area contributed by atoms with Crippen LogP contribution < -0.4 is 58.2 Å². The van der Waals surface area contributed by atoms with Gasteiger partial charge in [0.15, 0.2) is 29.6 Å². The SMILES string of the molecule is CN[C@H](CC(C)C)C(=O)NC1C(=O)NC(CC(N)=O)C(=O)NC2C(=O)NC3C(=O)NC(C(=O)NC(C(=O)O)c4cc(O)cc(O)c4-c4cc3ccc4O)C(OC3C[C@](C)(N)C(=O)[C@H](C)O3)c3ccc(c(Cl)c3)Oc3cc2cc(c3O)Oc2ccc(cc2Cl)C1O. The smallest absolute Gasteiger partial charge is 0.330 e. The van der Waals surface area contributed by atoms with Gasteiger partial charge in [-0.15, -0.1) is 0 Å². The van der Waals surface area contributed by atoms with Crippen LogP contribution in [0.4, 0.5) is 0 Å². The summed E-state index contributed by atoms with van der Waals surface area (Å²) in [7, 11) is 1.50. The van der Waals surface area contributed by atoms with E-state index in [9.17, 15) is 54.6 Å². The lowest BCUT2D eigenvalue weighted by molar-refractivity contribution is -0.223. The number of phenolic OH excluding ortho intramolecular Hbond substituents is 4. The Labute approximate surface area is 521 Å². The third-order valence-corrected chi connectivity index (χ3v) is 16.1. The quantitative estimate of drug-likeness (QED) is 0.0956. The van der Waals surface area contributed by atoms with Crippen molar-refractivity contribution in [2.45, 2.75) is 119 Å². The molecule has 5 aromatic rings. The number of carboxylic acid groups (broad SMARTS) is 1. The van der Waals surface area contributed by atoms with E-state index in [1.807, 2.05) is 13.8 Å². The van der Waals surface area contributed by atoms with Crippen LogP contribution in [0.25, 0.3) is 11.1 Å². The second-order valence-electron chi connectivity index (χ2n) is 22.7. The molecular formula is C60H63Cl2N9O19. The van der Waals surface area contributed by atoms with Crippen molar-refractivity contribution in [3.63, 3.8) is 0 Å². The lowest BCUT2D eigenvalue weighted by Crippen LogP contribution is -2.59. The van der Waals surface area contributed by atoms with E-state index < -0.39 is 183 Å². The Morgan fingerprint density at radius 3 is 1.93 bits per heavy atom. The van der Waals surface area contributed by atoms with Gasteiger partial charge in [-0.05, 0) is 110 Å². The molecule has 0 aliphatic carbocycles. The van der Waals surface area contributed by atoms with Crippen LogP contribution in [0.2, 0.25) is 10.0 Å². The zero-order valence-corrected chi connectivity index (χ0v) is 50.0. The Morgan fingerprint density at radius 1 is 0.733 bits per heavy atom. The predicted octanol–water partition coefficient (Wildman–Crippen LogP) is 2.84. The highest BCUT2D eigenvalue weighted by molar-refractivity contribution is 6.32. The van der Waals surface area contributed by atoms with Crippen molar-refractivity contribution < 1.29 is 92.7 Å². The minimum absolute atomic E-state index is 0.0500. The Hall–Kier alpha value is -9.29. The summed E-state index contributed by atoms with van der Waals surface area (Å²) in [5.74, 6) is -15.7. The molecule has 30 heteroatoms. The van der Waals surface area contributed by atoms with Crippen LogP contribution >= 0.6 is 23.2 Å². The first-order chi connectivity index (χ1) is 42.4. The van der Waals surface area contributed by atoms with Gasteiger partial charge in [0.25, 0.3) is 0 Å². The standard InChI is InChI=1S/C60H63Cl2N9O19/c1-22(2)12-33(65-5)53(79)70-47-49(76)25-7-10-37(31(61)14-25)88-39-16-27-17-40(50(39)77)89-38-11-8-26(15-32(38)62)51(90-42-21-60(4,64)52(78)23(3)87-42)48-58(84)69-46(59(85)86)30-18-28(72)19-36(74)43(30)29-13-24(6-9-35(29)73)44(55(81)71-48)68-56(82)45(27)67-54(80)34(20-41(63)75)66-57(47)83/h6-11,13-19,22-23,33-34,42,44-49,51,65,72-74,76-77H,12,20-21,64H2,1-5H3,(H2,63,75)(H,66,83)(H,67,80)(H,68,82)(H,69,84)(H,70,79)(H,71,81)(H,85,86)/t23-,33+,34?,42?,44?,45?,46?,47?,48?,49?,51?,60-/m0/s1. The van der Waals surface area contributed by atoms with Crippen molar-refractivity contribution in [2.75, 3.05) is 7.05 Å². The number of aliphatic carboxylic acids is 1. The van der Waals surface area contributed by atoms with E-state index in [-0.39, 0.29) is 62.6 Å². The number of likely N-dealkylation sites (N-methyl/N-ethyl adjacent to an activating group) is 1. The molecule has 5 aromatic carbocycles. The van der Waals surface area contributed by atoms with Gasteiger partial charge < -0.3 is 98.3 Å². The van der Waals surface area contributed by atoms with Crippen LogP contribution in [-0.4, -0.2) is 133 Å². The lowest BCUT2D eigenvalue weighted by atomic mass is 9.88. The molecule has 0 spiro atoms. The number of carbonyl (C=O) groups is 9. The molecule has 1 fully saturated rings. The topological polar surface area (TPSA) is 448 Å². The van der Waals surface area contributed by atoms with Crippen LogP contribution in [0, 0.1) is 5.92 Å². The number of ether oxygens (including phenoxy) is 4. The number of primary amides is 1. The maximum Gasteiger partial charge on any atom is 0.330 e. The highest BCUT2D eigenvalue weighted by Gasteiger charge is 2.47. The molecule has 9 unspecified atom stereocenters. The Balaban J connectivity index is 1.29. The van der Waals surface area contributed by atoms with Gasteiger partial charge in [0.05, 0.1) is 28.0 Å². The highest BCUT2D eigenvalue weighted by atomic mass is 35.5. The van der Waals surface area contributed by atoms with Crippen LogP contribution in [0.1, 0.15) is 105 Å². The van der Waals surface area contributed by atoms with E-state index in [1.54, 1.807) is 0 Å². The summed E-state index contributed by atoms with van der Waals surface area (Å²) in [5.41, 5.74) is 8.21. The minimum atomic E-state index is -2.23. The molecule has 6 heterocycles. The summed E-state index contributed by atoms with van der Waals surface area (Å²) in [5, 5.41) is 85.9. The molecular weight excluding hydrogens is 1220 g/mol. The number of hydrogen-bond donors (Lipinski definition) is 15. The van der Waals surface area contributed by atoms with Gasteiger partial charge >= 0.3 is 5.97 Å². The van der Waals surface area contributed by atoms with E-state index in [4.69, 9.17) is 53.6 Å². The Morgan fingerprint density at radius 2 is 1.33 bits per heavy atom. The normalized spacial score (nSPS) is 25.6. The number of Topliss-reactive ketones (excluding diaryl/α,β-unsaturated/α-hetero) is 1. The number of nitrogens with one attached hydrogen (secondary N) is 7. The lowest BCUT2D eigenvalue weighted by Gasteiger charge is -2.40. The molecule has 17 N–H and O–H groups in total. The van der Waals surface area contributed by atoms with E-state index in [0.717, 1.165) is 42.5 Å². The first-order valence-electron chi connectivity index (χ1n) is 28.0. The summed E-state index contributed by atoms with van der Waals surface area (Å²) < 4.78 is 25.0. The van der Waals surface area contributed by atoms with Gasteiger partial charge in [0.1, 0.15) is 77.3 Å². The number of ketones is 1. The van der Waals surface area contributed by atoms with Crippen LogP contribution in [0.5, 0.6) is 46.0 Å². The Kier molecular flexibility index (Phi) is 18.9. The van der Waals surface area contributed by atoms with Crippen molar-refractivity contribution in [3.05, 3.63) is 117 Å². The van der Waals surface area contributed by atoms with Crippen LogP contribution in [-0.2, 0) is 52.6 Å². The van der Waals surface area contributed by atoms with Crippen LogP contribution in [0.3, 0.4) is 0 Å². The number of aliphatic hydroxyl groups excluding tert-OH is 1. The average molecular weight is 1290 g/mol. The predicted molar refractivity (Wildman–Crippen MR) is 316 cm³/mol. The van der Waals surface area contributed by atoms with Crippen molar-refractivity contribution >= 4 is 76.3 Å². The number of aliphatic hydroxyl groups is 1. The molecule has 6 aliphatic rings. The van der Waals surface area contributed by atoms with Gasteiger partial charge in [-0.1, -0.05) is 55.2 Å². The molecule has 90 heavy (non-hydrogen) atoms.